The fourth-order valence-electron chi connectivity index (χ4n) is 2.18. The standard InChI is InChI=1S/C20H17ClN2O3/c21-16-5-3-4-15(12-16)13-23-19(24)14-25-17-7-9-18(10-8-17)26-20-6-1-2-11-22-20/h1-12H,13-14H2,(H,23,24). The first kappa shape index (κ1) is 17.8. The van der Waals surface area contributed by atoms with Crippen LogP contribution in [0.4, 0.5) is 0 Å². The van der Waals surface area contributed by atoms with Gasteiger partial charge in [-0.05, 0) is 48.0 Å². The lowest BCUT2D eigenvalue weighted by molar-refractivity contribution is -0.123. The average molecular weight is 369 g/mol. The van der Waals surface area contributed by atoms with Crippen LogP contribution in [0, 0.1) is 0 Å². The number of benzene rings is 2. The molecule has 0 fully saturated rings. The molecule has 5 nitrogen and oxygen atoms in total. The molecule has 0 unspecified atom stereocenters. The van der Waals surface area contributed by atoms with Gasteiger partial charge in [0.05, 0.1) is 0 Å². The number of carbonyl (C=O) groups is 1. The first-order valence-corrected chi connectivity index (χ1v) is 8.40. The predicted molar refractivity (Wildman–Crippen MR) is 99.5 cm³/mol. The van der Waals surface area contributed by atoms with Crippen molar-refractivity contribution in [3.63, 3.8) is 0 Å². The van der Waals surface area contributed by atoms with Gasteiger partial charge in [0.25, 0.3) is 5.91 Å². The Morgan fingerprint density at radius 2 is 1.81 bits per heavy atom. The topological polar surface area (TPSA) is 60.5 Å². The zero-order valence-corrected chi connectivity index (χ0v) is 14.6. The van der Waals surface area contributed by atoms with Gasteiger partial charge in [-0.2, -0.15) is 0 Å². The largest absolute Gasteiger partial charge is 0.484 e. The SMILES string of the molecule is O=C(COc1ccc(Oc2ccccn2)cc1)NCc1cccc(Cl)c1. The summed E-state index contributed by atoms with van der Waals surface area (Å²) >= 11 is 5.91. The molecule has 3 aromatic rings. The molecule has 0 bridgehead atoms. The molecular formula is C20H17ClN2O3. The highest BCUT2D eigenvalue weighted by Crippen LogP contribution is 2.22. The van der Waals surface area contributed by atoms with Crippen LogP contribution in [-0.2, 0) is 11.3 Å². The van der Waals surface area contributed by atoms with E-state index in [4.69, 9.17) is 21.1 Å². The molecule has 0 atom stereocenters. The van der Waals surface area contributed by atoms with Gasteiger partial charge in [0.1, 0.15) is 11.5 Å². The van der Waals surface area contributed by atoms with E-state index in [0.717, 1.165) is 5.56 Å². The second-order valence-electron chi connectivity index (χ2n) is 5.44. The van der Waals surface area contributed by atoms with Crippen LogP contribution in [0.25, 0.3) is 0 Å². The monoisotopic (exact) mass is 368 g/mol. The highest BCUT2D eigenvalue weighted by molar-refractivity contribution is 6.30. The van der Waals surface area contributed by atoms with Gasteiger partial charge in [0.15, 0.2) is 6.61 Å². The highest BCUT2D eigenvalue weighted by atomic mass is 35.5. The fourth-order valence-corrected chi connectivity index (χ4v) is 2.39. The number of rotatable bonds is 7. The number of pyridine rings is 1. The van der Waals surface area contributed by atoms with Crippen LogP contribution < -0.4 is 14.8 Å². The van der Waals surface area contributed by atoms with E-state index < -0.39 is 0 Å². The normalized spacial score (nSPS) is 10.2. The van der Waals surface area contributed by atoms with Gasteiger partial charge in [-0.1, -0.05) is 29.8 Å². The van der Waals surface area contributed by atoms with E-state index in [1.54, 1.807) is 42.6 Å². The van der Waals surface area contributed by atoms with Crippen LogP contribution in [0.2, 0.25) is 5.02 Å². The van der Waals surface area contributed by atoms with Crippen LogP contribution in [0.3, 0.4) is 0 Å². The van der Waals surface area contributed by atoms with Crippen molar-refractivity contribution >= 4 is 17.5 Å². The smallest absolute Gasteiger partial charge is 0.258 e. The Morgan fingerprint density at radius 1 is 1.00 bits per heavy atom. The van der Waals surface area contributed by atoms with Gasteiger partial charge >= 0.3 is 0 Å². The summed E-state index contributed by atoms with van der Waals surface area (Å²) in [7, 11) is 0. The van der Waals surface area contributed by atoms with Crippen molar-refractivity contribution in [2.75, 3.05) is 6.61 Å². The van der Waals surface area contributed by atoms with Crippen LogP contribution >= 0.6 is 11.6 Å². The Labute approximate surface area is 156 Å². The van der Waals surface area contributed by atoms with Crippen LogP contribution in [-0.4, -0.2) is 17.5 Å². The molecule has 2 aromatic carbocycles. The minimum Gasteiger partial charge on any atom is -0.484 e. The molecule has 1 N–H and O–H groups in total. The van der Waals surface area contributed by atoms with Crippen molar-refractivity contribution in [3.8, 4) is 17.4 Å². The summed E-state index contributed by atoms with van der Waals surface area (Å²) < 4.78 is 11.1. The summed E-state index contributed by atoms with van der Waals surface area (Å²) in [6.07, 6.45) is 1.66. The molecule has 0 saturated carbocycles. The van der Waals surface area contributed by atoms with E-state index in [1.807, 2.05) is 30.3 Å². The van der Waals surface area contributed by atoms with Crippen molar-refractivity contribution in [1.29, 1.82) is 0 Å². The minimum absolute atomic E-state index is 0.0684. The van der Waals surface area contributed by atoms with Crippen molar-refractivity contribution in [2.24, 2.45) is 0 Å². The molecular weight excluding hydrogens is 352 g/mol. The van der Waals surface area contributed by atoms with E-state index in [-0.39, 0.29) is 12.5 Å². The molecule has 6 heteroatoms. The predicted octanol–water partition coefficient (Wildman–Crippen LogP) is 4.22. The number of ether oxygens (including phenoxy) is 2. The van der Waals surface area contributed by atoms with Gasteiger partial charge < -0.3 is 14.8 Å². The van der Waals surface area contributed by atoms with Crippen molar-refractivity contribution in [3.05, 3.63) is 83.5 Å². The van der Waals surface area contributed by atoms with Crippen molar-refractivity contribution in [2.45, 2.75) is 6.54 Å². The summed E-state index contributed by atoms with van der Waals surface area (Å²) in [6, 6.07) is 19.8. The van der Waals surface area contributed by atoms with Crippen LogP contribution in [0.15, 0.2) is 72.9 Å². The molecule has 0 radical (unpaired) electrons. The third-order valence-corrected chi connectivity index (χ3v) is 3.67. The van der Waals surface area contributed by atoms with Gasteiger partial charge in [-0.3, -0.25) is 4.79 Å². The number of hydrogen-bond donors (Lipinski definition) is 1. The van der Waals surface area contributed by atoms with Gasteiger partial charge in [-0.25, -0.2) is 4.98 Å². The van der Waals surface area contributed by atoms with E-state index in [1.165, 1.54) is 0 Å². The summed E-state index contributed by atoms with van der Waals surface area (Å²) in [4.78, 5) is 16.0. The molecule has 1 heterocycles. The maximum atomic E-state index is 11.9. The molecule has 0 aliphatic carbocycles. The van der Waals surface area contributed by atoms with Gasteiger partial charge in [-0.15, -0.1) is 0 Å². The molecule has 132 valence electrons. The summed E-state index contributed by atoms with van der Waals surface area (Å²) in [6.45, 7) is 0.334. The second kappa shape index (κ2) is 8.87. The Kier molecular flexibility index (Phi) is 6.06. The number of amides is 1. The Bertz CT molecular complexity index is 854. The molecule has 0 saturated heterocycles. The molecule has 0 aliphatic rings. The van der Waals surface area contributed by atoms with Crippen LogP contribution in [0.5, 0.6) is 17.4 Å². The molecule has 0 spiro atoms. The Hall–Kier alpha value is -3.05. The summed E-state index contributed by atoms with van der Waals surface area (Å²) in [5, 5.41) is 3.42. The Balaban J connectivity index is 1.44. The maximum absolute atomic E-state index is 11.9. The Morgan fingerprint density at radius 3 is 2.54 bits per heavy atom. The number of hydrogen-bond acceptors (Lipinski definition) is 4. The fraction of sp³-hybridized carbons (Fsp3) is 0.100. The first-order chi connectivity index (χ1) is 12.7. The lowest BCUT2D eigenvalue weighted by atomic mass is 10.2. The number of nitrogens with one attached hydrogen (secondary N) is 1. The molecule has 1 aromatic heterocycles. The summed E-state index contributed by atoms with van der Waals surface area (Å²) in [5.41, 5.74) is 0.932. The molecule has 0 aliphatic heterocycles. The quantitative estimate of drug-likeness (QED) is 0.678. The number of nitrogens with zero attached hydrogens (tertiary/aromatic N) is 1. The molecule has 3 rings (SSSR count). The van der Waals surface area contributed by atoms with Crippen molar-refractivity contribution < 1.29 is 14.3 Å². The van der Waals surface area contributed by atoms with Gasteiger partial charge in [0.2, 0.25) is 5.88 Å². The summed E-state index contributed by atoms with van der Waals surface area (Å²) in [5.74, 6) is 1.53. The van der Waals surface area contributed by atoms with Crippen LogP contribution in [0.1, 0.15) is 5.56 Å². The van der Waals surface area contributed by atoms with E-state index in [2.05, 4.69) is 10.3 Å². The molecule has 26 heavy (non-hydrogen) atoms. The zero-order chi connectivity index (χ0) is 18.2. The lowest BCUT2D eigenvalue weighted by Crippen LogP contribution is -2.28. The first-order valence-electron chi connectivity index (χ1n) is 8.02. The second-order valence-corrected chi connectivity index (χ2v) is 5.87. The third-order valence-electron chi connectivity index (χ3n) is 3.43. The minimum atomic E-state index is -0.209. The third kappa shape index (κ3) is 5.50. The van der Waals surface area contributed by atoms with E-state index >= 15 is 0 Å². The number of carbonyl (C=O) groups excluding carboxylic acids is 1. The lowest BCUT2D eigenvalue weighted by Gasteiger charge is -2.09. The zero-order valence-electron chi connectivity index (χ0n) is 13.9. The maximum Gasteiger partial charge on any atom is 0.258 e. The van der Waals surface area contributed by atoms with E-state index in [0.29, 0.717) is 28.9 Å². The van der Waals surface area contributed by atoms with Crippen molar-refractivity contribution in [1.82, 2.24) is 10.3 Å². The van der Waals surface area contributed by atoms with Gasteiger partial charge in [0, 0.05) is 23.8 Å². The average Bonchev–Trinajstić information content (AvgIpc) is 2.67. The molecule has 1 amide bonds. The number of aromatic nitrogens is 1. The number of halogens is 1. The highest BCUT2D eigenvalue weighted by Gasteiger charge is 2.04. The van der Waals surface area contributed by atoms with E-state index in [9.17, 15) is 4.79 Å².